The number of aryl methyl sites for hydroxylation is 1. The zero-order valence-electron chi connectivity index (χ0n) is 26.7. The molecule has 0 aliphatic rings. The molecule has 0 atom stereocenters. The molecule has 0 radical (unpaired) electrons. The van der Waals surface area contributed by atoms with Crippen molar-refractivity contribution in [1.82, 2.24) is 0 Å². The van der Waals surface area contributed by atoms with Gasteiger partial charge in [-0.3, -0.25) is 4.55 Å². The Morgan fingerprint density at radius 3 is 1.18 bits per heavy atom. The van der Waals surface area contributed by atoms with Crippen LogP contribution in [0.15, 0.2) is 29.2 Å². The van der Waals surface area contributed by atoms with Crippen LogP contribution in [0, 0.1) is 0 Å². The number of nitrogens with zero attached hydrogens (tertiary/aromatic N) is 1. The molecule has 5 heteroatoms. The maximum atomic E-state index is 10.9. The molecule has 0 fully saturated rings. The van der Waals surface area contributed by atoms with E-state index in [9.17, 15) is 8.42 Å². The van der Waals surface area contributed by atoms with Crippen LogP contribution >= 0.6 is 0 Å². The topological polar surface area (TPSA) is 54.4 Å². The van der Waals surface area contributed by atoms with Crippen molar-refractivity contribution in [3.05, 3.63) is 29.8 Å². The van der Waals surface area contributed by atoms with Crippen LogP contribution in [0.2, 0.25) is 0 Å². The lowest BCUT2D eigenvalue weighted by atomic mass is 10.0. The number of hydrogen-bond acceptors (Lipinski definition) is 2. The van der Waals surface area contributed by atoms with Crippen molar-refractivity contribution in [3.8, 4) is 0 Å². The van der Waals surface area contributed by atoms with E-state index in [0.29, 0.717) is 0 Å². The van der Waals surface area contributed by atoms with Crippen molar-refractivity contribution in [2.75, 3.05) is 26.2 Å². The molecule has 0 aliphatic carbocycles. The summed E-state index contributed by atoms with van der Waals surface area (Å²) in [5.41, 5.74) is 1.13. The molecule has 1 N–H and O–H groups in total. The van der Waals surface area contributed by atoms with E-state index in [1.165, 1.54) is 152 Å². The van der Waals surface area contributed by atoms with Gasteiger partial charge >= 0.3 is 0 Å². The molecule has 0 spiro atoms. The van der Waals surface area contributed by atoms with Crippen LogP contribution in [0.5, 0.6) is 0 Å². The molecule has 230 valence electrons. The first-order valence-electron chi connectivity index (χ1n) is 16.7. The molecule has 0 saturated heterocycles. The summed E-state index contributed by atoms with van der Waals surface area (Å²) in [4.78, 5) is -0.0284. The third kappa shape index (κ3) is 20.6. The third-order valence-electron chi connectivity index (χ3n) is 7.98. The highest BCUT2D eigenvalue weighted by molar-refractivity contribution is 7.85. The first kappa shape index (κ1) is 38.1. The second-order valence-corrected chi connectivity index (χ2v) is 13.1. The van der Waals surface area contributed by atoms with Gasteiger partial charge in [0.05, 0.1) is 31.1 Å². The van der Waals surface area contributed by atoms with Gasteiger partial charge in [-0.2, -0.15) is 8.42 Å². The molecule has 0 unspecified atom stereocenters. The molecule has 0 aliphatic heterocycles. The molecular formula is C34H66NO3S+. The van der Waals surface area contributed by atoms with Crippen LogP contribution in [0.1, 0.15) is 156 Å². The van der Waals surface area contributed by atoms with Crippen LogP contribution in [0.4, 0.5) is 0 Å². The predicted molar refractivity (Wildman–Crippen MR) is 171 cm³/mol. The van der Waals surface area contributed by atoms with E-state index < -0.39 is 10.1 Å². The van der Waals surface area contributed by atoms with Crippen LogP contribution in [-0.2, 0) is 16.5 Å². The normalized spacial score (nSPS) is 11.8. The Hall–Kier alpha value is -0.910. The van der Waals surface area contributed by atoms with Gasteiger partial charge in [0, 0.05) is 0 Å². The number of hydrogen-bond donors (Lipinski definition) is 1. The van der Waals surface area contributed by atoms with Gasteiger partial charge in [-0.1, -0.05) is 130 Å². The monoisotopic (exact) mass is 568 g/mol. The summed E-state index contributed by atoms with van der Waals surface area (Å²) in [6.07, 6.45) is 25.2. The quantitative estimate of drug-likeness (QED) is 0.0766. The van der Waals surface area contributed by atoms with Crippen LogP contribution in [-0.4, -0.2) is 43.6 Å². The molecule has 0 aromatic heterocycles. The lowest BCUT2D eigenvalue weighted by Crippen LogP contribution is -2.50. The smallest absolute Gasteiger partial charge is 0.294 e. The van der Waals surface area contributed by atoms with Gasteiger partial charge in [-0.25, -0.2) is 0 Å². The molecule has 0 amide bonds. The van der Waals surface area contributed by atoms with Crippen molar-refractivity contribution < 1.29 is 17.5 Å². The lowest BCUT2D eigenvalue weighted by Gasteiger charge is -2.39. The number of quaternary nitrogens is 1. The minimum atomic E-state index is -4.06. The van der Waals surface area contributed by atoms with E-state index in [0.717, 1.165) is 18.4 Å². The highest BCUT2D eigenvalue weighted by atomic mass is 32.2. The summed E-state index contributed by atoms with van der Waals surface area (Å²) in [6, 6.07) is 6.52. The highest BCUT2D eigenvalue weighted by Gasteiger charge is 2.24. The minimum Gasteiger partial charge on any atom is -0.324 e. The molecule has 1 aromatic carbocycles. The molecule has 1 aromatic rings. The standard InChI is InChI=1S/C18H30O3S.C16H36N/c1-2-3-4-5-6-7-8-9-10-11-12-17-13-15-18(16-14-17)22(19,20)21;1-5-9-13-17(14-10-6-2,15-11-7-3)16-12-8-4/h13-16H,2-12H2,1H3,(H,19,20,21);5-16H2,1-4H3/q;+1. The summed E-state index contributed by atoms with van der Waals surface area (Å²) in [6.45, 7) is 17.3. The fourth-order valence-electron chi connectivity index (χ4n) is 5.29. The van der Waals surface area contributed by atoms with Crippen molar-refractivity contribution in [3.63, 3.8) is 0 Å². The first-order valence-corrected chi connectivity index (χ1v) is 18.1. The summed E-state index contributed by atoms with van der Waals surface area (Å²) in [5, 5.41) is 0. The minimum absolute atomic E-state index is 0.0284. The number of benzene rings is 1. The van der Waals surface area contributed by atoms with Gasteiger partial charge in [0.15, 0.2) is 0 Å². The lowest BCUT2D eigenvalue weighted by molar-refractivity contribution is -0.929. The SMILES string of the molecule is CCCCCCCCCCCCc1ccc(S(=O)(=O)O)cc1.CCCC[N+](CCCC)(CCCC)CCCC. The fourth-order valence-corrected chi connectivity index (χ4v) is 5.77. The molecule has 0 saturated carbocycles. The van der Waals surface area contributed by atoms with E-state index in [2.05, 4.69) is 34.6 Å². The summed E-state index contributed by atoms with van der Waals surface area (Å²) < 4.78 is 32.2. The second kappa shape index (κ2) is 24.9. The van der Waals surface area contributed by atoms with Gasteiger partial charge in [0.25, 0.3) is 10.1 Å². The maximum Gasteiger partial charge on any atom is 0.294 e. The Labute approximate surface area is 244 Å². The molecule has 1 rings (SSSR count). The van der Waals surface area contributed by atoms with Crippen LogP contribution in [0.25, 0.3) is 0 Å². The van der Waals surface area contributed by atoms with Crippen molar-refractivity contribution in [1.29, 1.82) is 0 Å². The van der Waals surface area contributed by atoms with Crippen molar-refractivity contribution in [2.45, 2.75) is 162 Å². The first-order chi connectivity index (χ1) is 18.8. The molecule has 0 heterocycles. The Morgan fingerprint density at radius 1 is 0.513 bits per heavy atom. The molecular weight excluding hydrogens is 502 g/mol. The van der Waals surface area contributed by atoms with E-state index in [1.54, 1.807) is 12.1 Å². The zero-order valence-corrected chi connectivity index (χ0v) is 27.5. The Morgan fingerprint density at radius 2 is 0.846 bits per heavy atom. The Bertz CT molecular complexity index is 724. The average molecular weight is 569 g/mol. The molecule has 39 heavy (non-hydrogen) atoms. The van der Waals surface area contributed by atoms with Gasteiger partial charge in [-0.05, 0) is 56.2 Å². The largest absolute Gasteiger partial charge is 0.324 e. The predicted octanol–water partition coefficient (Wildman–Crippen LogP) is 10.4. The summed E-state index contributed by atoms with van der Waals surface area (Å²) in [5.74, 6) is 0. The summed E-state index contributed by atoms with van der Waals surface area (Å²) >= 11 is 0. The van der Waals surface area contributed by atoms with Gasteiger partial charge < -0.3 is 4.48 Å². The van der Waals surface area contributed by atoms with Crippen molar-refractivity contribution >= 4 is 10.1 Å². The average Bonchev–Trinajstić information content (AvgIpc) is 2.93. The van der Waals surface area contributed by atoms with Gasteiger partial charge in [0.2, 0.25) is 0 Å². The third-order valence-corrected chi connectivity index (χ3v) is 8.85. The fraction of sp³-hybridized carbons (Fsp3) is 0.824. The number of rotatable bonds is 24. The van der Waals surface area contributed by atoms with E-state index in [4.69, 9.17) is 4.55 Å². The second-order valence-electron chi connectivity index (χ2n) is 11.7. The zero-order chi connectivity index (χ0) is 29.2. The van der Waals surface area contributed by atoms with E-state index in [1.807, 2.05) is 0 Å². The van der Waals surface area contributed by atoms with Crippen LogP contribution in [0.3, 0.4) is 0 Å². The Kier molecular flexibility index (Phi) is 24.3. The maximum absolute atomic E-state index is 10.9. The van der Waals surface area contributed by atoms with Crippen molar-refractivity contribution in [2.24, 2.45) is 0 Å². The summed E-state index contributed by atoms with van der Waals surface area (Å²) in [7, 11) is -4.06. The highest BCUT2D eigenvalue weighted by Crippen LogP contribution is 2.17. The number of unbranched alkanes of at least 4 members (excludes halogenated alkanes) is 13. The van der Waals surface area contributed by atoms with Crippen LogP contribution < -0.4 is 0 Å². The Balaban J connectivity index is 0.000000768. The molecule has 0 bridgehead atoms. The van der Waals surface area contributed by atoms with Gasteiger partial charge in [0.1, 0.15) is 0 Å². The van der Waals surface area contributed by atoms with Gasteiger partial charge in [-0.15, -0.1) is 0 Å². The van der Waals surface area contributed by atoms with E-state index >= 15 is 0 Å². The van der Waals surface area contributed by atoms with E-state index in [-0.39, 0.29) is 4.90 Å². The molecule has 4 nitrogen and oxygen atoms in total.